The maximum absolute atomic E-state index is 13.0. The lowest BCUT2D eigenvalue weighted by molar-refractivity contribution is -0.384. The molecule has 0 N–H and O–H groups in total. The quantitative estimate of drug-likeness (QED) is 0.258. The van der Waals surface area contributed by atoms with E-state index in [-0.39, 0.29) is 18.2 Å². The second-order valence-electron chi connectivity index (χ2n) is 8.38. The van der Waals surface area contributed by atoms with Gasteiger partial charge in [-0.1, -0.05) is 30.3 Å². The highest BCUT2D eigenvalue weighted by molar-refractivity contribution is 9.10. The van der Waals surface area contributed by atoms with E-state index >= 15 is 0 Å². The standard InChI is InChI=1S/C25H21BrN6O5/c26-19-14-21-22(27-15-19)31(37-16-17-4-2-1-3-5-17)25(34)28-23(21)29-10-12-30(13-11-29)24(33)18-6-8-20(9-7-18)32(35)36/h1-9,14-15H,10-13,16H2. The Balaban J connectivity index is 1.36. The molecule has 0 radical (unpaired) electrons. The number of nitro groups is 1. The summed E-state index contributed by atoms with van der Waals surface area (Å²) in [7, 11) is 0. The lowest BCUT2D eigenvalue weighted by Crippen LogP contribution is -2.49. The summed E-state index contributed by atoms with van der Waals surface area (Å²) in [5.74, 6) is 0.261. The topological polar surface area (TPSA) is 124 Å². The molecule has 37 heavy (non-hydrogen) atoms. The Morgan fingerprint density at radius 1 is 1.05 bits per heavy atom. The highest BCUT2D eigenvalue weighted by Crippen LogP contribution is 2.26. The summed E-state index contributed by atoms with van der Waals surface area (Å²) < 4.78 is 1.83. The minimum atomic E-state index is -0.586. The van der Waals surface area contributed by atoms with Crippen molar-refractivity contribution in [1.29, 1.82) is 0 Å². The summed E-state index contributed by atoms with van der Waals surface area (Å²) in [5, 5.41) is 11.5. The highest BCUT2D eigenvalue weighted by Gasteiger charge is 2.26. The van der Waals surface area contributed by atoms with Gasteiger partial charge in [0.15, 0.2) is 5.65 Å². The normalized spacial score (nSPS) is 13.5. The van der Waals surface area contributed by atoms with Crippen molar-refractivity contribution in [3.63, 3.8) is 0 Å². The van der Waals surface area contributed by atoms with Gasteiger partial charge < -0.3 is 14.6 Å². The number of carbonyl (C=O) groups is 1. The lowest BCUT2D eigenvalue weighted by Gasteiger charge is -2.35. The van der Waals surface area contributed by atoms with Crippen LogP contribution >= 0.6 is 15.9 Å². The zero-order valence-corrected chi connectivity index (χ0v) is 21.1. The fraction of sp³-hybridized carbons (Fsp3) is 0.200. The van der Waals surface area contributed by atoms with Crippen molar-refractivity contribution in [1.82, 2.24) is 19.6 Å². The number of aromatic nitrogens is 3. The van der Waals surface area contributed by atoms with Crippen molar-refractivity contribution in [2.45, 2.75) is 6.61 Å². The van der Waals surface area contributed by atoms with E-state index in [9.17, 15) is 19.7 Å². The molecule has 12 heteroatoms. The predicted octanol–water partition coefficient (Wildman–Crippen LogP) is 3.05. The molecule has 4 aromatic rings. The van der Waals surface area contributed by atoms with E-state index in [1.165, 1.54) is 24.3 Å². The monoisotopic (exact) mass is 564 g/mol. The largest absolute Gasteiger partial charge is 0.403 e. The third-order valence-electron chi connectivity index (χ3n) is 6.04. The van der Waals surface area contributed by atoms with Gasteiger partial charge in [0.05, 0.1) is 10.3 Å². The molecular formula is C25H21BrN6O5. The second kappa shape index (κ2) is 10.3. The van der Waals surface area contributed by atoms with Crippen molar-refractivity contribution >= 4 is 44.4 Å². The van der Waals surface area contributed by atoms with Gasteiger partial charge >= 0.3 is 5.69 Å². The van der Waals surface area contributed by atoms with Crippen molar-refractivity contribution in [3.05, 3.63) is 103 Å². The van der Waals surface area contributed by atoms with E-state index in [1.807, 2.05) is 41.3 Å². The highest BCUT2D eigenvalue weighted by atomic mass is 79.9. The minimum Gasteiger partial charge on any atom is -0.403 e. The molecule has 0 bridgehead atoms. The zero-order chi connectivity index (χ0) is 25.9. The van der Waals surface area contributed by atoms with Crippen molar-refractivity contribution < 1.29 is 14.6 Å². The molecule has 0 aliphatic carbocycles. The van der Waals surface area contributed by atoms with Gasteiger partial charge in [-0.05, 0) is 39.7 Å². The van der Waals surface area contributed by atoms with Gasteiger partial charge in [0.2, 0.25) is 0 Å². The molecule has 0 unspecified atom stereocenters. The number of pyridine rings is 1. The number of carbonyl (C=O) groups excluding carboxylic acids is 1. The molecule has 1 fully saturated rings. The Morgan fingerprint density at radius 2 is 1.76 bits per heavy atom. The number of hydrogen-bond acceptors (Lipinski definition) is 8. The summed E-state index contributed by atoms with van der Waals surface area (Å²) in [6, 6.07) is 16.9. The summed E-state index contributed by atoms with van der Waals surface area (Å²) in [6.45, 7) is 1.86. The molecule has 11 nitrogen and oxygen atoms in total. The van der Waals surface area contributed by atoms with Crippen molar-refractivity contribution in [2.75, 3.05) is 31.1 Å². The Labute approximate surface area is 219 Å². The van der Waals surface area contributed by atoms with Gasteiger partial charge in [-0.3, -0.25) is 14.9 Å². The van der Waals surface area contributed by atoms with Crippen LogP contribution in [0.5, 0.6) is 0 Å². The number of anilines is 1. The van der Waals surface area contributed by atoms with Gasteiger partial charge in [0, 0.05) is 54.5 Å². The number of halogens is 1. The summed E-state index contributed by atoms with van der Waals surface area (Å²) in [4.78, 5) is 54.4. The Hall–Kier alpha value is -4.32. The molecular weight excluding hydrogens is 544 g/mol. The molecule has 1 aliphatic rings. The van der Waals surface area contributed by atoms with E-state index in [4.69, 9.17) is 4.84 Å². The maximum atomic E-state index is 13.0. The minimum absolute atomic E-state index is 0.0680. The van der Waals surface area contributed by atoms with Gasteiger partial charge in [-0.25, -0.2) is 9.78 Å². The van der Waals surface area contributed by atoms with Crippen LogP contribution in [0.4, 0.5) is 11.5 Å². The first kappa shape index (κ1) is 24.4. The van der Waals surface area contributed by atoms with Crippen molar-refractivity contribution in [2.24, 2.45) is 0 Å². The van der Waals surface area contributed by atoms with E-state index in [2.05, 4.69) is 25.9 Å². The molecule has 1 aliphatic heterocycles. The average molecular weight is 565 g/mol. The number of non-ortho nitro benzene ring substituents is 1. The van der Waals surface area contributed by atoms with Crippen LogP contribution in [0, 0.1) is 10.1 Å². The number of rotatable bonds is 6. The van der Waals surface area contributed by atoms with Gasteiger partial charge in [-0.15, -0.1) is 4.73 Å². The number of amides is 1. The third kappa shape index (κ3) is 5.14. The van der Waals surface area contributed by atoms with Crippen LogP contribution in [0.2, 0.25) is 0 Å². The van der Waals surface area contributed by atoms with Crippen molar-refractivity contribution in [3.8, 4) is 0 Å². The SMILES string of the molecule is O=C(c1ccc([N+](=O)[O-])cc1)N1CCN(c2nc(=O)n(OCc3ccccc3)c3ncc(Br)cc23)CC1. The average Bonchev–Trinajstić information content (AvgIpc) is 2.92. The Morgan fingerprint density at radius 3 is 2.43 bits per heavy atom. The molecule has 0 spiro atoms. The molecule has 1 saturated heterocycles. The lowest BCUT2D eigenvalue weighted by atomic mass is 10.1. The van der Waals surface area contributed by atoms with Crippen LogP contribution in [0.15, 0.2) is 76.1 Å². The van der Waals surface area contributed by atoms with Crippen LogP contribution in [0.1, 0.15) is 15.9 Å². The Kier molecular flexibility index (Phi) is 6.82. The smallest absolute Gasteiger partial charge is 0.384 e. The summed E-state index contributed by atoms with van der Waals surface area (Å²) in [6.07, 6.45) is 1.59. The maximum Gasteiger partial charge on any atom is 0.384 e. The number of nitro benzene ring substituents is 1. The summed E-state index contributed by atoms with van der Waals surface area (Å²) >= 11 is 3.45. The number of benzene rings is 2. The van der Waals surface area contributed by atoms with E-state index in [1.54, 1.807) is 11.1 Å². The van der Waals surface area contributed by atoms with E-state index < -0.39 is 10.6 Å². The fourth-order valence-electron chi connectivity index (χ4n) is 4.15. The number of hydrogen-bond donors (Lipinski definition) is 0. The first-order chi connectivity index (χ1) is 17.9. The molecule has 0 atom stereocenters. The number of nitrogens with zero attached hydrogens (tertiary/aromatic N) is 6. The Bertz CT molecular complexity index is 1520. The fourth-order valence-corrected chi connectivity index (χ4v) is 4.48. The molecule has 2 aromatic carbocycles. The van der Waals surface area contributed by atoms with E-state index in [0.717, 1.165) is 14.8 Å². The first-order valence-corrected chi connectivity index (χ1v) is 12.2. The van der Waals surface area contributed by atoms with Gasteiger partial charge in [-0.2, -0.15) is 4.98 Å². The van der Waals surface area contributed by atoms with Crippen LogP contribution < -0.4 is 15.4 Å². The van der Waals surface area contributed by atoms with Crippen LogP contribution in [-0.2, 0) is 6.61 Å². The van der Waals surface area contributed by atoms with Crippen LogP contribution in [0.25, 0.3) is 11.0 Å². The third-order valence-corrected chi connectivity index (χ3v) is 6.47. The number of piperazine rings is 1. The van der Waals surface area contributed by atoms with Crippen LogP contribution in [0.3, 0.4) is 0 Å². The molecule has 1 amide bonds. The predicted molar refractivity (Wildman–Crippen MR) is 139 cm³/mol. The van der Waals surface area contributed by atoms with Gasteiger partial charge in [0.1, 0.15) is 12.4 Å². The molecule has 3 heterocycles. The number of fused-ring (bicyclic) bond motifs is 1. The second-order valence-corrected chi connectivity index (χ2v) is 9.30. The zero-order valence-electron chi connectivity index (χ0n) is 19.5. The van der Waals surface area contributed by atoms with E-state index in [0.29, 0.717) is 48.6 Å². The first-order valence-electron chi connectivity index (χ1n) is 11.4. The van der Waals surface area contributed by atoms with Crippen LogP contribution in [-0.4, -0.2) is 56.6 Å². The van der Waals surface area contributed by atoms with Gasteiger partial charge in [0.25, 0.3) is 11.6 Å². The molecule has 188 valence electrons. The molecule has 0 saturated carbocycles. The molecule has 5 rings (SSSR count). The summed E-state index contributed by atoms with van der Waals surface area (Å²) in [5.41, 5.74) is 0.976. The molecule has 2 aromatic heterocycles.